The lowest BCUT2D eigenvalue weighted by Crippen LogP contribution is -2.55. The molecule has 0 unspecified atom stereocenters. The van der Waals surface area contributed by atoms with E-state index in [-0.39, 0.29) is 11.8 Å². The van der Waals surface area contributed by atoms with Gasteiger partial charge in [0.25, 0.3) is 5.91 Å². The second-order valence-corrected chi connectivity index (χ2v) is 8.64. The summed E-state index contributed by atoms with van der Waals surface area (Å²) in [5.74, 6) is 0.339. The first-order chi connectivity index (χ1) is 14.2. The normalized spacial score (nSPS) is 22.6. The molecule has 0 N–H and O–H groups in total. The van der Waals surface area contributed by atoms with Gasteiger partial charge < -0.3 is 9.80 Å². The maximum atomic E-state index is 12.8. The van der Waals surface area contributed by atoms with Crippen molar-refractivity contribution in [2.45, 2.75) is 38.1 Å². The van der Waals surface area contributed by atoms with Crippen molar-refractivity contribution in [3.8, 4) is 0 Å². The van der Waals surface area contributed by atoms with E-state index in [0.717, 1.165) is 50.9 Å². The third kappa shape index (κ3) is 5.17. The van der Waals surface area contributed by atoms with Gasteiger partial charge in [0, 0.05) is 64.0 Å². The van der Waals surface area contributed by atoms with Crippen molar-refractivity contribution in [1.29, 1.82) is 0 Å². The van der Waals surface area contributed by atoms with Crippen LogP contribution in [0.3, 0.4) is 0 Å². The molecule has 6 nitrogen and oxygen atoms in total. The van der Waals surface area contributed by atoms with Gasteiger partial charge in [-0.1, -0.05) is 37.5 Å². The molecule has 0 atom stereocenters. The number of hydrogen-bond acceptors (Lipinski definition) is 4. The summed E-state index contributed by atoms with van der Waals surface area (Å²) in [5.41, 5.74) is 0.743. The van der Waals surface area contributed by atoms with Crippen molar-refractivity contribution in [2.24, 2.45) is 0 Å². The van der Waals surface area contributed by atoms with Crippen LogP contribution in [-0.2, 0) is 4.79 Å². The Morgan fingerprint density at radius 1 is 0.759 bits per heavy atom. The molecule has 1 aromatic carbocycles. The van der Waals surface area contributed by atoms with Crippen molar-refractivity contribution in [3.63, 3.8) is 0 Å². The van der Waals surface area contributed by atoms with Gasteiger partial charge in [0.1, 0.15) is 0 Å². The standard InChI is InChI=1S/C23H34N4O2/c28-22(26-17-15-25(16-18-26)21-9-5-2-6-10-21)19-24-11-13-27(14-12-24)23(29)20-7-3-1-4-8-20/h1,3-4,7-8,21H,2,5-6,9-19H2. The fraction of sp³-hybridized carbons (Fsp3) is 0.652. The molecular formula is C23H34N4O2. The Labute approximate surface area is 174 Å². The van der Waals surface area contributed by atoms with Crippen molar-refractivity contribution in [1.82, 2.24) is 19.6 Å². The first kappa shape index (κ1) is 20.4. The number of hydrogen-bond donors (Lipinski definition) is 0. The highest BCUT2D eigenvalue weighted by Gasteiger charge is 2.29. The molecule has 4 rings (SSSR count). The van der Waals surface area contributed by atoms with Gasteiger partial charge in [-0.3, -0.25) is 19.4 Å². The Bertz CT molecular complexity index is 673. The van der Waals surface area contributed by atoms with Crippen LogP contribution >= 0.6 is 0 Å². The van der Waals surface area contributed by atoms with Crippen LogP contribution in [0.25, 0.3) is 0 Å². The molecule has 2 saturated heterocycles. The number of amides is 2. The van der Waals surface area contributed by atoms with Crippen LogP contribution in [0.2, 0.25) is 0 Å². The van der Waals surface area contributed by atoms with Gasteiger partial charge in [-0.25, -0.2) is 0 Å². The minimum atomic E-state index is 0.0930. The van der Waals surface area contributed by atoms with Crippen LogP contribution in [0, 0.1) is 0 Å². The zero-order chi connectivity index (χ0) is 20.1. The van der Waals surface area contributed by atoms with E-state index in [1.54, 1.807) is 0 Å². The van der Waals surface area contributed by atoms with Crippen molar-refractivity contribution in [3.05, 3.63) is 35.9 Å². The summed E-state index contributed by atoms with van der Waals surface area (Å²) in [6.07, 6.45) is 6.78. The van der Waals surface area contributed by atoms with Gasteiger partial charge in [-0.05, 0) is 25.0 Å². The Kier molecular flexibility index (Phi) is 6.82. The predicted octanol–water partition coefficient (Wildman–Crippen LogP) is 1.92. The number of carbonyl (C=O) groups is 2. The summed E-state index contributed by atoms with van der Waals surface area (Å²) in [5, 5.41) is 0. The van der Waals surface area contributed by atoms with Crippen LogP contribution in [-0.4, -0.2) is 96.4 Å². The number of nitrogens with zero attached hydrogens (tertiary/aromatic N) is 4. The van der Waals surface area contributed by atoms with E-state index in [1.807, 2.05) is 40.1 Å². The summed E-state index contributed by atoms with van der Waals surface area (Å²) in [6, 6.07) is 10.2. The SMILES string of the molecule is O=C(CN1CCN(C(=O)c2ccccc2)CC1)N1CCN(C2CCCCC2)CC1. The Balaban J connectivity index is 1.19. The molecule has 0 aromatic heterocycles. The third-order valence-electron chi connectivity index (χ3n) is 6.80. The Morgan fingerprint density at radius 2 is 1.38 bits per heavy atom. The molecule has 0 radical (unpaired) electrons. The largest absolute Gasteiger partial charge is 0.339 e. The molecule has 2 amide bonds. The molecule has 6 heteroatoms. The lowest BCUT2D eigenvalue weighted by molar-refractivity contribution is -0.135. The molecule has 158 valence electrons. The van der Waals surface area contributed by atoms with E-state index in [2.05, 4.69) is 9.80 Å². The highest BCUT2D eigenvalue weighted by molar-refractivity contribution is 5.94. The Hall–Kier alpha value is -1.92. The van der Waals surface area contributed by atoms with E-state index < -0.39 is 0 Å². The van der Waals surface area contributed by atoms with Crippen molar-refractivity contribution >= 4 is 11.8 Å². The first-order valence-corrected chi connectivity index (χ1v) is 11.3. The average Bonchev–Trinajstić information content (AvgIpc) is 2.80. The number of carbonyl (C=O) groups excluding carboxylic acids is 2. The van der Waals surface area contributed by atoms with Gasteiger partial charge in [0.2, 0.25) is 5.91 Å². The van der Waals surface area contributed by atoms with Crippen molar-refractivity contribution in [2.75, 3.05) is 58.9 Å². The molecule has 1 aromatic rings. The zero-order valence-corrected chi connectivity index (χ0v) is 17.5. The molecule has 0 spiro atoms. The summed E-state index contributed by atoms with van der Waals surface area (Å²) in [4.78, 5) is 34.1. The van der Waals surface area contributed by atoms with E-state index >= 15 is 0 Å². The summed E-state index contributed by atoms with van der Waals surface area (Å²) in [7, 11) is 0. The topological polar surface area (TPSA) is 47.1 Å². The van der Waals surface area contributed by atoms with Crippen molar-refractivity contribution < 1.29 is 9.59 Å². The van der Waals surface area contributed by atoms with Crippen LogP contribution in [0.15, 0.2) is 30.3 Å². The lowest BCUT2D eigenvalue weighted by atomic mass is 9.94. The second-order valence-electron chi connectivity index (χ2n) is 8.64. The lowest BCUT2D eigenvalue weighted by Gasteiger charge is -2.41. The number of piperazine rings is 2. The second kappa shape index (κ2) is 9.72. The molecule has 3 fully saturated rings. The van der Waals surface area contributed by atoms with Gasteiger partial charge in [0.05, 0.1) is 6.54 Å². The molecular weight excluding hydrogens is 364 g/mol. The highest BCUT2D eigenvalue weighted by atomic mass is 16.2. The quantitative estimate of drug-likeness (QED) is 0.778. The fourth-order valence-electron chi connectivity index (χ4n) is 4.95. The minimum Gasteiger partial charge on any atom is -0.339 e. The molecule has 1 saturated carbocycles. The molecule has 2 heterocycles. The smallest absolute Gasteiger partial charge is 0.253 e. The van der Waals surface area contributed by atoms with Crippen LogP contribution < -0.4 is 0 Å². The van der Waals surface area contributed by atoms with E-state index in [9.17, 15) is 9.59 Å². The molecule has 1 aliphatic carbocycles. The molecule has 2 aliphatic heterocycles. The van der Waals surface area contributed by atoms with E-state index in [1.165, 1.54) is 32.1 Å². The average molecular weight is 399 g/mol. The predicted molar refractivity (Wildman–Crippen MR) is 114 cm³/mol. The monoisotopic (exact) mass is 398 g/mol. The minimum absolute atomic E-state index is 0.0930. The van der Waals surface area contributed by atoms with Crippen LogP contribution in [0.1, 0.15) is 42.5 Å². The van der Waals surface area contributed by atoms with Gasteiger partial charge in [0.15, 0.2) is 0 Å². The van der Waals surface area contributed by atoms with Gasteiger partial charge in [-0.2, -0.15) is 0 Å². The summed E-state index contributed by atoms with van der Waals surface area (Å²) < 4.78 is 0. The number of rotatable bonds is 4. The highest BCUT2D eigenvalue weighted by Crippen LogP contribution is 2.23. The molecule has 0 bridgehead atoms. The maximum absolute atomic E-state index is 12.8. The first-order valence-electron chi connectivity index (χ1n) is 11.3. The van der Waals surface area contributed by atoms with Crippen LogP contribution in [0.4, 0.5) is 0 Å². The fourth-order valence-corrected chi connectivity index (χ4v) is 4.95. The van der Waals surface area contributed by atoms with E-state index in [0.29, 0.717) is 19.6 Å². The zero-order valence-electron chi connectivity index (χ0n) is 17.5. The van der Waals surface area contributed by atoms with E-state index in [4.69, 9.17) is 0 Å². The maximum Gasteiger partial charge on any atom is 0.253 e. The van der Waals surface area contributed by atoms with Crippen LogP contribution in [0.5, 0.6) is 0 Å². The van der Waals surface area contributed by atoms with Gasteiger partial charge >= 0.3 is 0 Å². The molecule has 3 aliphatic rings. The third-order valence-corrected chi connectivity index (χ3v) is 6.80. The summed E-state index contributed by atoms with van der Waals surface area (Å²) >= 11 is 0. The molecule has 29 heavy (non-hydrogen) atoms. The summed E-state index contributed by atoms with van der Waals surface area (Å²) in [6.45, 7) is 7.18. The van der Waals surface area contributed by atoms with Gasteiger partial charge in [-0.15, -0.1) is 0 Å². The Morgan fingerprint density at radius 3 is 2.03 bits per heavy atom. The number of benzene rings is 1.